The third kappa shape index (κ3) is 1.96. The fraction of sp³-hybridized carbons (Fsp3) is 0.429. The molecule has 1 aromatic carbocycles. The Hall–Kier alpha value is -1.32. The Morgan fingerprint density at radius 1 is 1.41 bits per heavy atom. The number of para-hydroxylation sites is 1. The lowest BCUT2D eigenvalue weighted by Gasteiger charge is -2.21. The second-order valence-corrected chi connectivity index (χ2v) is 4.91. The molecule has 2 aromatic rings. The SMILES string of the molecule is CC1C(N)CCN1Cc1cc2ccccc2o1. The van der Waals surface area contributed by atoms with Crippen molar-refractivity contribution in [2.24, 2.45) is 5.73 Å². The van der Waals surface area contributed by atoms with Gasteiger partial charge in [0.15, 0.2) is 0 Å². The van der Waals surface area contributed by atoms with Crippen LogP contribution in [0.2, 0.25) is 0 Å². The molecule has 90 valence electrons. The van der Waals surface area contributed by atoms with Gasteiger partial charge in [-0.15, -0.1) is 0 Å². The average molecular weight is 230 g/mol. The first-order valence-electron chi connectivity index (χ1n) is 6.21. The van der Waals surface area contributed by atoms with E-state index in [0.29, 0.717) is 12.1 Å². The third-order valence-electron chi connectivity index (χ3n) is 3.78. The van der Waals surface area contributed by atoms with Crippen molar-refractivity contribution < 1.29 is 4.42 Å². The minimum absolute atomic E-state index is 0.305. The topological polar surface area (TPSA) is 42.4 Å². The van der Waals surface area contributed by atoms with Crippen LogP contribution in [-0.2, 0) is 6.54 Å². The molecule has 3 heteroatoms. The van der Waals surface area contributed by atoms with E-state index in [2.05, 4.69) is 24.0 Å². The Morgan fingerprint density at radius 3 is 2.94 bits per heavy atom. The van der Waals surface area contributed by atoms with E-state index in [0.717, 1.165) is 30.9 Å². The van der Waals surface area contributed by atoms with E-state index in [4.69, 9.17) is 10.2 Å². The standard InChI is InChI=1S/C14H18N2O/c1-10-13(15)6-7-16(10)9-12-8-11-4-2-3-5-14(11)17-12/h2-5,8,10,13H,6-7,9,15H2,1H3. The number of furan rings is 1. The van der Waals surface area contributed by atoms with Crippen molar-refractivity contribution >= 4 is 11.0 Å². The Balaban J connectivity index is 1.81. The minimum atomic E-state index is 0.305. The Bertz CT molecular complexity index is 487. The fourth-order valence-electron chi connectivity index (χ4n) is 2.57. The van der Waals surface area contributed by atoms with E-state index in [1.807, 2.05) is 18.2 Å². The summed E-state index contributed by atoms with van der Waals surface area (Å²) < 4.78 is 5.83. The maximum absolute atomic E-state index is 6.03. The number of benzene rings is 1. The molecule has 3 rings (SSSR count). The molecule has 2 unspecified atom stereocenters. The van der Waals surface area contributed by atoms with E-state index >= 15 is 0 Å². The summed E-state index contributed by atoms with van der Waals surface area (Å²) in [6.45, 7) is 4.13. The van der Waals surface area contributed by atoms with Gasteiger partial charge in [0, 0.05) is 24.0 Å². The Labute approximate surface area is 101 Å². The van der Waals surface area contributed by atoms with Crippen molar-refractivity contribution in [3.63, 3.8) is 0 Å². The second kappa shape index (κ2) is 4.17. The molecule has 1 aliphatic heterocycles. The maximum atomic E-state index is 6.03. The van der Waals surface area contributed by atoms with Gasteiger partial charge in [-0.05, 0) is 25.5 Å². The largest absolute Gasteiger partial charge is 0.460 e. The van der Waals surface area contributed by atoms with Crippen molar-refractivity contribution in [2.75, 3.05) is 6.54 Å². The number of nitrogens with zero attached hydrogens (tertiary/aromatic N) is 1. The van der Waals surface area contributed by atoms with E-state index in [9.17, 15) is 0 Å². The highest BCUT2D eigenvalue weighted by Crippen LogP contribution is 2.23. The van der Waals surface area contributed by atoms with Crippen LogP contribution in [0, 0.1) is 0 Å². The molecule has 1 saturated heterocycles. The molecular formula is C14H18N2O. The quantitative estimate of drug-likeness (QED) is 0.861. The molecule has 17 heavy (non-hydrogen) atoms. The number of rotatable bonds is 2. The van der Waals surface area contributed by atoms with Gasteiger partial charge in [-0.2, -0.15) is 0 Å². The molecule has 0 aliphatic carbocycles. The van der Waals surface area contributed by atoms with E-state index in [-0.39, 0.29) is 0 Å². The molecule has 0 amide bonds. The first-order chi connectivity index (χ1) is 8.24. The second-order valence-electron chi connectivity index (χ2n) is 4.91. The molecule has 1 aliphatic rings. The summed E-state index contributed by atoms with van der Waals surface area (Å²) in [5.41, 5.74) is 7.00. The zero-order chi connectivity index (χ0) is 11.8. The van der Waals surface area contributed by atoms with E-state index < -0.39 is 0 Å². The maximum Gasteiger partial charge on any atom is 0.134 e. The van der Waals surface area contributed by atoms with Gasteiger partial charge < -0.3 is 10.2 Å². The zero-order valence-electron chi connectivity index (χ0n) is 10.1. The molecule has 1 fully saturated rings. The van der Waals surface area contributed by atoms with Gasteiger partial charge in [0.1, 0.15) is 11.3 Å². The van der Waals surface area contributed by atoms with Gasteiger partial charge in [-0.1, -0.05) is 18.2 Å². The summed E-state index contributed by atoms with van der Waals surface area (Å²) in [5.74, 6) is 1.03. The van der Waals surface area contributed by atoms with Crippen LogP contribution in [0.15, 0.2) is 34.7 Å². The third-order valence-corrected chi connectivity index (χ3v) is 3.78. The molecule has 2 atom stereocenters. The number of hydrogen-bond donors (Lipinski definition) is 1. The summed E-state index contributed by atoms with van der Waals surface area (Å²) in [5, 5.41) is 1.18. The van der Waals surface area contributed by atoms with Crippen LogP contribution in [0.1, 0.15) is 19.1 Å². The van der Waals surface area contributed by atoms with Crippen LogP contribution in [0.3, 0.4) is 0 Å². The van der Waals surface area contributed by atoms with Crippen LogP contribution in [0.25, 0.3) is 11.0 Å². The van der Waals surface area contributed by atoms with Crippen molar-refractivity contribution in [1.82, 2.24) is 4.90 Å². The number of fused-ring (bicyclic) bond motifs is 1. The van der Waals surface area contributed by atoms with Crippen molar-refractivity contribution in [3.8, 4) is 0 Å². The van der Waals surface area contributed by atoms with Gasteiger partial charge in [-0.25, -0.2) is 0 Å². The minimum Gasteiger partial charge on any atom is -0.460 e. The molecule has 1 aromatic heterocycles. The molecule has 0 spiro atoms. The van der Waals surface area contributed by atoms with Crippen molar-refractivity contribution in [2.45, 2.75) is 32.0 Å². The molecular weight excluding hydrogens is 212 g/mol. The monoisotopic (exact) mass is 230 g/mol. The number of likely N-dealkylation sites (tertiary alicyclic amines) is 1. The smallest absolute Gasteiger partial charge is 0.134 e. The van der Waals surface area contributed by atoms with Crippen molar-refractivity contribution in [1.29, 1.82) is 0 Å². The summed E-state index contributed by atoms with van der Waals surface area (Å²) in [6.07, 6.45) is 1.08. The lowest BCUT2D eigenvalue weighted by Crippen LogP contribution is -2.36. The lowest BCUT2D eigenvalue weighted by molar-refractivity contribution is 0.234. The summed E-state index contributed by atoms with van der Waals surface area (Å²) in [6, 6.07) is 11.0. The van der Waals surface area contributed by atoms with E-state index in [1.54, 1.807) is 0 Å². The molecule has 0 saturated carbocycles. The summed E-state index contributed by atoms with van der Waals surface area (Å²) in [4.78, 5) is 2.39. The highest BCUT2D eigenvalue weighted by Gasteiger charge is 2.28. The Kier molecular flexibility index (Phi) is 2.65. The Morgan fingerprint density at radius 2 is 2.24 bits per heavy atom. The predicted octanol–water partition coefficient (Wildman–Crippen LogP) is 2.35. The first kappa shape index (κ1) is 10.8. The normalized spacial score (nSPS) is 25.8. The lowest BCUT2D eigenvalue weighted by atomic mass is 10.2. The van der Waals surface area contributed by atoms with Crippen LogP contribution in [-0.4, -0.2) is 23.5 Å². The molecule has 2 N–H and O–H groups in total. The average Bonchev–Trinajstić information content (AvgIpc) is 2.87. The molecule has 0 bridgehead atoms. The number of nitrogens with two attached hydrogens (primary N) is 1. The molecule has 0 radical (unpaired) electrons. The van der Waals surface area contributed by atoms with Gasteiger partial charge in [-0.3, -0.25) is 4.90 Å². The van der Waals surface area contributed by atoms with Crippen LogP contribution >= 0.6 is 0 Å². The van der Waals surface area contributed by atoms with Crippen LogP contribution < -0.4 is 5.73 Å². The van der Waals surface area contributed by atoms with E-state index in [1.165, 1.54) is 5.39 Å². The number of hydrogen-bond acceptors (Lipinski definition) is 3. The first-order valence-corrected chi connectivity index (χ1v) is 6.21. The van der Waals surface area contributed by atoms with Gasteiger partial charge >= 0.3 is 0 Å². The highest BCUT2D eigenvalue weighted by atomic mass is 16.3. The van der Waals surface area contributed by atoms with Crippen LogP contribution in [0.5, 0.6) is 0 Å². The fourth-order valence-corrected chi connectivity index (χ4v) is 2.57. The van der Waals surface area contributed by atoms with Crippen LogP contribution in [0.4, 0.5) is 0 Å². The summed E-state index contributed by atoms with van der Waals surface area (Å²) >= 11 is 0. The van der Waals surface area contributed by atoms with Crippen molar-refractivity contribution in [3.05, 3.63) is 36.1 Å². The molecule has 2 heterocycles. The van der Waals surface area contributed by atoms with Gasteiger partial charge in [0.2, 0.25) is 0 Å². The zero-order valence-corrected chi connectivity index (χ0v) is 10.1. The highest BCUT2D eigenvalue weighted by molar-refractivity contribution is 5.77. The van der Waals surface area contributed by atoms with Gasteiger partial charge in [0.05, 0.1) is 6.54 Å². The predicted molar refractivity (Wildman–Crippen MR) is 68.7 cm³/mol. The summed E-state index contributed by atoms with van der Waals surface area (Å²) in [7, 11) is 0. The van der Waals surface area contributed by atoms with Gasteiger partial charge in [0.25, 0.3) is 0 Å². The molecule has 3 nitrogen and oxygen atoms in total.